The molecule has 21 heavy (non-hydrogen) atoms. The number of amides is 1. The van der Waals surface area contributed by atoms with Gasteiger partial charge in [0.1, 0.15) is 5.82 Å². The van der Waals surface area contributed by atoms with Gasteiger partial charge in [0.2, 0.25) is 5.91 Å². The zero-order valence-corrected chi connectivity index (χ0v) is 12.0. The molecular weight excluding hydrogens is 269 g/mol. The van der Waals surface area contributed by atoms with Crippen molar-refractivity contribution in [3.8, 4) is 0 Å². The van der Waals surface area contributed by atoms with E-state index in [4.69, 9.17) is 11.5 Å². The van der Waals surface area contributed by atoms with Gasteiger partial charge in [-0.3, -0.25) is 4.79 Å². The number of nitrogen functional groups attached to an aromatic ring is 1. The van der Waals surface area contributed by atoms with Crippen molar-refractivity contribution in [3.05, 3.63) is 59.4 Å². The molecule has 2 aromatic carbocycles. The first-order chi connectivity index (χ1) is 9.91. The van der Waals surface area contributed by atoms with Gasteiger partial charge < -0.3 is 16.4 Å². The van der Waals surface area contributed by atoms with Crippen LogP contribution in [0.15, 0.2) is 42.5 Å². The van der Waals surface area contributed by atoms with E-state index in [1.807, 2.05) is 18.9 Å². The van der Waals surface area contributed by atoms with Crippen LogP contribution in [0.3, 0.4) is 0 Å². The number of hydrogen-bond donors (Lipinski definition) is 2. The highest BCUT2D eigenvalue weighted by Crippen LogP contribution is 2.31. The van der Waals surface area contributed by atoms with Gasteiger partial charge in [-0.15, -0.1) is 0 Å². The summed E-state index contributed by atoms with van der Waals surface area (Å²) in [5.41, 5.74) is 13.3. The minimum absolute atomic E-state index is 0.201. The summed E-state index contributed by atoms with van der Waals surface area (Å²) < 4.78 is 13.9. The summed E-state index contributed by atoms with van der Waals surface area (Å²) in [6.07, 6.45) is 0. The normalized spacial score (nSPS) is 12.0. The second-order valence-electron chi connectivity index (χ2n) is 4.95. The fourth-order valence-electron chi connectivity index (χ4n) is 2.26. The van der Waals surface area contributed by atoms with Crippen molar-refractivity contribution >= 4 is 17.3 Å². The molecule has 0 aromatic heterocycles. The van der Waals surface area contributed by atoms with Crippen molar-refractivity contribution in [2.45, 2.75) is 13.0 Å². The molecule has 1 unspecified atom stereocenters. The Morgan fingerprint density at radius 2 is 1.90 bits per heavy atom. The Bertz CT molecular complexity index is 672. The smallest absolute Gasteiger partial charge is 0.248 e. The molecule has 0 aliphatic heterocycles. The third-order valence-electron chi connectivity index (χ3n) is 3.63. The Labute approximate surface area is 123 Å². The van der Waals surface area contributed by atoms with Crippen LogP contribution in [-0.2, 0) is 0 Å². The third kappa shape index (κ3) is 2.97. The minimum Gasteiger partial charge on any atom is -0.397 e. The highest BCUT2D eigenvalue weighted by Gasteiger charge is 2.18. The molecule has 4 nitrogen and oxygen atoms in total. The lowest BCUT2D eigenvalue weighted by Crippen LogP contribution is -2.24. The van der Waals surface area contributed by atoms with Crippen molar-refractivity contribution in [2.24, 2.45) is 5.73 Å². The highest BCUT2D eigenvalue weighted by molar-refractivity contribution is 5.94. The standard InChI is InChI=1S/C16H18FN3O/c1-10(12-5-3-4-6-13(12)17)20(2)15-8-7-11(16(19)21)9-14(15)18/h3-10H,18H2,1-2H3,(H2,19,21). The molecule has 0 saturated carbocycles. The SMILES string of the molecule is CC(c1ccccc1F)N(C)c1ccc(C(N)=O)cc1N. The minimum atomic E-state index is -0.530. The molecule has 0 heterocycles. The molecule has 2 rings (SSSR count). The van der Waals surface area contributed by atoms with Gasteiger partial charge in [-0.25, -0.2) is 4.39 Å². The molecule has 0 fully saturated rings. The average molecular weight is 287 g/mol. The fraction of sp³-hybridized carbons (Fsp3) is 0.188. The van der Waals surface area contributed by atoms with Gasteiger partial charge in [0.15, 0.2) is 0 Å². The molecule has 1 amide bonds. The number of benzene rings is 2. The average Bonchev–Trinajstić information content (AvgIpc) is 2.46. The topological polar surface area (TPSA) is 72.3 Å². The Hall–Kier alpha value is -2.56. The molecule has 0 spiro atoms. The van der Waals surface area contributed by atoms with Crippen LogP contribution < -0.4 is 16.4 Å². The summed E-state index contributed by atoms with van der Waals surface area (Å²) in [7, 11) is 1.83. The van der Waals surface area contributed by atoms with E-state index in [1.165, 1.54) is 12.1 Å². The molecule has 0 aliphatic rings. The predicted octanol–water partition coefficient (Wildman–Crippen LogP) is 2.70. The number of rotatable bonds is 4. The maximum absolute atomic E-state index is 13.9. The van der Waals surface area contributed by atoms with E-state index in [0.717, 1.165) is 5.69 Å². The van der Waals surface area contributed by atoms with Crippen LogP contribution in [0, 0.1) is 5.82 Å². The number of halogens is 1. The van der Waals surface area contributed by atoms with Crippen LogP contribution in [-0.4, -0.2) is 13.0 Å². The van der Waals surface area contributed by atoms with Crippen LogP contribution in [0.5, 0.6) is 0 Å². The summed E-state index contributed by atoms with van der Waals surface area (Å²) in [4.78, 5) is 13.0. The Kier molecular flexibility index (Phi) is 4.12. The second-order valence-corrected chi connectivity index (χ2v) is 4.95. The molecule has 2 aromatic rings. The summed E-state index contributed by atoms with van der Waals surface area (Å²) in [5.74, 6) is -0.790. The fourth-order valence-corrected chi connectivity index (χ4v) is 2.26. The largest absolute Gasteiger partial charge is 0.397 e. The number of hydrogen-bond acceptors (Lipinski definition) is 3. The van der Waals surface area contributed by atoms with Crippen LogP contribution in [0.1, 0.15) is 28.9 Å². The predicted molar refractivity (Wildman–Crippen MR) is 82.6 cm³/mol. The van der Waals surface area contributed by atoms with E-state index in [9.17, 15) is 9.18 Å². The quantitative estimate of drug-likeness (QED) is 0.849. The maximum Gasteiger partial charge on any atom is 0.248 e. The first-order valence-corrected chi connectivity index (χ1v) is 6.58. The van der Waals surface area contributed by atoms with Crippen molar-refractivity contribution in [2.75, 3.05) is 17.7 Å². The van der Waals surface area contributed by atoms with Gasteiger partial charge in [-0.05, 0) is 31.2 Å². The molecule has 0 saturated heterocycles. The number of primary amides is 1. The van der Waals surface area contributed by atoms with E-state index < -0.39 is 5.91 Å². The van der Waals surface area contributed by atoms with Crippen molar-refractivity contribution in [3.63, 3.8) is 0 Å². The molecule has 4 N–H and O–H groups in total. The van der Waals surface area contributed by atoms with E-state index in [-0.39, 0.29) is 11.9 Å². The second kappa shape index (κ2) is 5.83. The summed E-state index contributed by atoms with van der Waals surface area (Å²) >= 11 is 0. The maximum atomic E-state index is 13.9. The lowest BCUT2D eigenvalue weighted by molar-refractivity contribution is 0.100. The van der Waals surface area contributed by atoms with Gasteiger partial charge in [0, 0.05) is 18.2 Å². The molecule has 5 heteroatoms. The van der Waals surface area contributed by atoms with Crippen LogP contribution in [0.2, 0.25) is 0 Å². The third-order valence-corrected chi connectivity index (χ3v) is 3.63. The van der Waals surface area contributed by atoms with Crippen molar-refractivity contribution in [1.29, 1.82) is 0 Å². The monoisotopic (exact) mass is 287 g/mol. The van der Waals surface area contributed by atoms with E-state index in [1.54, 1.807) is 30.3 Å². The van der Waals surface area contributed by atoms with Gasteiger partial charge in [0.05, 0.1) is 17.4 Å². The van der Waals surface area contributed by atoms with Crippen molar-refractivity contribution < 1.29 is 9.18 Å². The van der Waals surface area contributed by atoms with Crippen LogP contribution in [0.25, 0.3) is 0 Å². The summed E-state index contributed by atoms with van der Waals surface area (Å²) in [6.45, 7) is 1.89. The van der Waals surface area contributed by atoms with Crippen LogP contribution in [0.4, 0.5) is 15.8 Å². The lowest BCUT2D eigenvalue weighted by Gasteiger charge is -2.29. The first-order valence-electron chi connectivity index (χ1n) is 6.58. The molecular formula is C16H18FN3O. The Balaban J connectivity index is 2.34. The summed E-state index contributed by atoms with van der Waals surface area (Å²) in [6, 6.07) is 11.3. The van der Waals surface area contributed by atoms with Crippen LogP contribution >= 0.6 is 0 Å². The van der Waals surface area contributed by atoms with E-state index in [0.29, 0.717) is 16.8 Å². The Morgan fingerprint density at radius 1 is 1.24 bits per heavy atom. The molecule has 0 bridgehead atoms. The molecule has 0 aliphatic carbocycles. The molecule has 0 radical (unpaired) electrons. The number of anilines is 2. The Morgan fingerprint density at radius 3 is 2.48 bits per heavy atom. The van der Waals surface area contributed by atoms with E-state index in [2.05, 4.69) is 0 Å². The molecule has 110 valence electrons. The lowest BCUT2D eigenvalue weighted by atomic mass is 10.0. The van der Waals surface area contributed by atoms with Gasteiger partial charge >= 0.3 is 0 Å². The highest BCUT2D eigenvalue weighted by atomic mass is 19.1. The van der Waals surface area contributed by atoms with Crippen molar-refractivity contribution in [1.82, 2.24) is 0 Å². The van der Waals surface area contributed by atoms with E-state index >= 15 is 0 Å². The first kappa shape index (κ1) is 14.8. The number of carbonyl (C=O) groups excluding carboxylic acids is 1. The molecule has 1 atom stereocenters. The van der Waals surface area contributed by atoms with Gasteiger partial charge in [-0.2, -0.15) is 0 Å². The number of nitrogens with zero attached hydrogens (tertiary/aromatic N) is 1. The summed E-state index contributed by atoms with van der Waals surface area (Å²) in [5, 5.41) is 0. The van der Waals surface area contributed by atoms with Gasteiger partial charge in [0.25, 0.3) is 0 Å². The van der Waals surface area contributed by atoms with Gasteiger partial charge in [-0.1, -0.05) is 18.2 Å². The zero-order valence-electron chi connectivity index (χ0n) is 12.0. The number of nitrogens with two attached hydrogens (primary N) is 2. The zero-order chi connectivity index (χ0) is 15.6. The number of carbonyl (C=O) groups is 1.